The van der Waals surface area contributed by atoms with Crippen molar-refractivity contribution in [1.29, 1.82) is 0 Å². The van der Waals surface area contributed by atoms with Crippen LogP contribution in [0.2, 0.25) is 0 Å². The second-order valence-electron chi connectivity index (χ2n) is 10.7. The Hall–Kier alpha value is -4.32. The summed E-state index contributed by atoms with van der Waals surface area (Å²) in [6.07, 6.45) is 1.29. The number of para-hydroxylation sites is 1. The molecule has 1 unspecified atom stereocenters. The first-order valence-corrected chi connectivity index (χ1v) is 15.9. The number of thioether (sulfide) groups is 1. The molecular formula is C33H35F3N6O2S. The third kappa shape index (κ3) is 8.87. The number of ether oxygens (including phenoxy) is 1. The van der Waals surface area contributed by atoms with Gasteiger partial charge in [0, 0.05) is 29.6 Å². The second-order valence-corrected chi connectivity index (χ2v) is 11.8. The number of nitrogens with one attached hydrogen (secondary N) is 1. The summed E-state index contributed by atoms with van der Waals surface area (Å²) >= 11 is 1.62. The quantitative estimate of drug-likeness (QED) is 0.191. The molecule has 0 saturated carbocycles. The minimum atomic E-state index is -4.74. The van der Waals surface area contributed by atoms with E-state index in [4.69, 9.17) is 0 Å². The van der Waals surface area contributed by atoms with Gasteiger partial charge in [0.1, 0.15) is 12.1 Å². The smallest absolute Gasteiger partial charge is 0.406 e. The van der Waals surface area contributed by atoms with Crippen molar-refractivity contribution < 1.29 is 22.7 Å². The number of hydrogen-bond donors (Lipinski definition) is 1. The van der Waals surface area contributed by atoms with Crippen molar-refractivity contribution in [3.63, 3.8) is 0 Å². The van der Waals surface area contributed by atoms with Crippen molar-refractivity contribution in [3.05, 3.63) is 90.3 Å². The standard InChI is InChI=1S/C33H35F3N6O2S/c1-3-25-10-4-5-11-29(25)41-20-7-21-45-32(41)39-31(43)38-23(2)8-6-9-24-12-14-26(15-13-24)30-37-22-42(40-30)27-16-18-28(19-17-27)44-33(34,35)36/h4-5,10-19,22-23H,3,6-9,20-21H2,1-2H3,(H,38,43)/b39-32-. The Bertz CT molecular complexity index is 1610. The van der Waals surface area contributed by atoms with Crippen molar-refractivity contribution >= 4 is 28.6 Å². The predicted octanol–water partition coefficient (Wildman–Crippen LogP) is 7.82. The summed E-state index contributed by atoms with van der Waals surface area (Å²) in [5.74, 6) is 1.15. The summed E-state index contributed by atoms with van der Waals surface area (Å²) < 4.78 is 42.6. The van der Waals surface area contributed by atoms with E-state index in [1.807, 2.05) is 43.3 Å². The third-order valence-electron chi connectivity index (χ3n) is 7.36. The van der Waals surface area contributed by atoms with Gasteiger partial charge in [-0.3, -0.25) is 0 Å². The SMILES string of the molecule is CCc1ccccc1N1CCCS/C1=N\C(=O)NC(C)CCCc1ccc(-c2ncn(-c3ccc(OC(F)(F)F)cc3)n2)cc1. The van der Waals surface area contributed by atoms with E-state index >= 15 is 0 Å². The lowest BCUT2D eigenvalue weighted by Gasteiger charge is -2.31. The number of hydrogen-bond acceptors (Lipinski definition) is 5. The lowest BCUT2D eigenvalue weighted by atomic mass is 10.0. The number of carbonyl (C=O) groups excluding carboxylic acids is 1. The van der Waals surface area contributed by atoms with Crippen LogP contribution in [0.4, 0.5) is 23.7 Å². The summed E-state index contributed by atoms with van der Waals surface area (Å²) in [6.45, 7) is 4.98. The molecular weight excluding hydrogens is 601 g/mol. The normalized spacial score (nSPS) is 15.2. The van der Waals surface area contributed by atoms with E-state index in [1.165, 1.54) is 40.8 Å². The summed E-state index contributed by atoms with van der Waals surface area (Å²) in [6, 6.07) is 21.3. The van der Waals surface area contributed by atoms with Gasteiger partial charge in [0.15, 0.2) is 11.0 Å². The minimum absolute atomic E-state index is 0.0200. The van der Waals surface area contributed by atoms with Gasteiger partial charge in [-0.2, -0.15) is 4.99 Å². The van der Waals surface area contributed by atoms with E-state index in [1.54, 1.807) is 11.8 Å². The van der Waals surface area contributed by atoms with Gasteiger partial charge in [-0.05, 0) is 80.5 Å². The van der Waals surface area contributed by atoms with Gasteiger partial charge < -0.3 is 15.0 Å². The highest BCUT2D eigenvalue weighted by Gasteiger charge is 2.31. The van der Waals surface area contributed by atoms with Crippen molar-refractivity contribution in [2.24, 2.45) is 4.99 Å². The fourth-order valence-electron chi connectivity index (χ4n) is 5.10. The van der Waals surface area contributed by atoms with Crippen molar-refractivity contribution in [2.45, 2.75) is 58.4 Å². The number of aliphatic imine (C=N–C) groups is 1. The number of nitrogens with zero attached hydrogens (tertiary/aromatic N) is 5. The van der Waals surface area contributed by atoms with Crippen molar-refractivity contribution in [2.75, 3.05) is 17.2 Å². The molecule has 0 radical (unpaired) electrons. The highest BCUT2D eigenvalue weighted by Crippen LogP contribution is 2.29. The first kappa shape index (κ1) is 32.1. The fraction of sp³-hybridized carbons (Fsp3) is 0.333. The van der Waals surface area contributed by atoms with E-state index < -0.39 is 6.36 Å². The lowest BCUT2D eigenvalue weighted by molar-refractivity contribution is -0.274. The molecule has 1 N–H and O–H groups in total. The van der Waals surface area contributed by atoms with Crippen LogP contribution in [0.5, 0.6) is 5.75 Å². The largest absolute Gasteiger partial charge is 0.573 e. The first-order valence-electron chi connectivity index (χ1n) is 14.9. The average Bonchev–Trinajstić information content (AvgIpc) is 3.52. The van der Waals surface area contributed by atoms with Crippen LogP contribution in [0.3, 0.4) is 0 Å². The maximum absolute atomic E-state index is 12.8. The van der Waals surface area contributed by atoms with Crippen LogP contribution in [0.1, 0.15) is 44.2 Å². The molecule has 45 heavy (non-hydrogen) atoms. The molecule has 3 aromatic carbocycles. The molecule has 236 valence electrons. The van der Waals surface area contributed by atoms with E-state index in [-0.39, 0.29) is 17.8 Å². The molecule has 1 aromatic heterocycles. The van der Waals surface area contributed by atoms with Crippen LogP contribution < -0.4 is 15.0 Å². The van der Waals surface area contributed by atoms with Crippen molar-refractivity contribution in [1.82, 2.24) is 20.1 Å². The number of aromatic nitrogens is 3. The van der Waals surface area contributed by atoms with E-state index in [2.05, 4.69) is 49.1 Å². The molecule has 2 amide bonds. The molecule has 12 heteroatoms. The number of aryl methyl sites for hydroxylation is 2. The molecule has 2 heterocycles. The molecule has 1 aliphatic rings. The van der Waals surface area contributed by atoms with Crippen LogP contribution in [-0.4, -0.2) is 50.7 Å². The van der Waals surface area contributed by atoms with E-state index in [0.29, 0.717) is 11.5 Å². The first-order chi connectivity index (χ1) is 21.7. The Labute approximate surface area is 264 Å². The molecule has 1 atom stereocenters. The average molecular weight is 637 g/mol. The van der Waals surface area contributed by atoms with Gasteiger partial charge in [0.25, 0.3) is 0 Å². The molecule has 0 spiro atoms. The Kier molecular flexibility index (Phi) is 10.4. The molecule has 8 nitrogen and oxygen atoms in total. The molecule has 1 aliphatic heterocycles. The number of urea groups is 1. The maximum atomic E-state index is 12.8. The summed E-state index contributed by atoms with van der Waals surface area (Å²) in [7, 11) is 0. The van der Waals surface area contributed by atoms with Gasteiger partial charge >= 0.3 is 12.4 Å². The molecule has 0 aliphatic carbocycles. The Morgan fingerprint density at radius 3 is 2.58 bits per heavy atom. The van der Waals surface area contributed by atoms with Crippen LogP contribution in [-0.2, 0) is 12.8 Å². The van der Waals surface area contributed by atoms with Crippen LogP contribution in [0.15, 0.2) is 84.1 Å². The molecule has 1 saturated heterocycles. The number of halogens is 3. The van der Waals surface area contributed by atoms with Gasteiger partial charge in [-0.25, -0.2) is 14.5 Å². The number of amidine groups is 1. The van der Waals surface area contributed by atoms with Crippen LogP contribution >= 0.6 is 11.8 Å². The van der Waals surface area contributed by atoms with Crippen LogP contribution in [0.25, 0.3) is 17.1 Å². The topological polar surface area (TPSA) is 84.6 Å². The van der Waals surface area contributed by atoms with E-state index in [0.717, 1.165) is 66.4 Å². The van der Waals surface area contributed by atoms with E-state index in [9.17, 15) is 18.0 Å². The zero-order valence-electron chi connectivity index (χ0n) is 25.1. The third-order valence-corrected chi connectivity index (χ3v) is 8.42. The number of benzene rings is 3. The molecule has 1 fully saturated rings. The summed E-state index contributed by atoms with van der Waals surface area (Å²) in [5, 5.41) is 8.24. The number of rotatable bonds is 10. The zero-order valence-corrected chi connectivity index (χ0v) is 25.9. The fourth-order valence-corrected chi connectivity index (χ4v) is 6.05. The number of amides is 2. The highest BCUT2D eigenvalue weighted by atomic mass is 32.2. The zero-order chi connectivity index (χ0) is 31.8. The maximum Gasteiger partial charge on any atom is 0.573 e. The second kappa shape index (κ2) is 14.6. The van der Waals surface area contributed by atoms with Crippen molar-refractivity contribution in [3.8, 4) is 22.8 Å². The Morgan fingerprint density at radius 2 is 1.84 bits per heavy atom. The summed E-state index contributed by atoms with van der Waals surface area (Å²) in [5.41, 5.74) is 4.90. The summed E-state index contributed by atoms with van der Waals surface area (Å²) in [4.78, 5) is 23.8. The molecule has 4 aromatic rings. The van der Waals surface area contributed by atoms with Gasteiger partial charge in [0.2, 0.25) is 0 Å². The number of alkyl halides is 3. The molecule has 5 rings (SSSR count). The highest BCUT2D eigenvalue weighted by molar-refractivity contribution is 8.14. The number of carbonyl (C=O) groups is 1. The number of anilines is 1. The minimum Gasteiger partial charge on any atom is -0.406 e. The lowest BCUT2D eigenvalue weighted by Crippen LogP contribution is -2.37. The van der Waals surface area contributed by atoms with Gasteiger partial charge in [-0.15, -0.1) is 18.3 Å². The Morgan fingerprint density at radius 1 is 1.09 bits per heavy atom. The predicted molar refractivity (Wildman–Crippen MR) is 172 cm³/mol. The van der Waals surface area contributed by atoms with Crippen LogP contribution in [0, 0.1) is 0 Å². The Balaban J connectivity index is 1.10. The molecule has 0 bridgehead atoms. The van der Waals surface area contributed by atoms with Gasteiger partial charge in [-0.1, -0.05) is 61.2 Å². The van der Waals surface area contributed by atoms with Gasteiger partial charge in [0.05, 0.1) is 5.69 Å². The monoisotopic (exact) mass is 636 g/mol.